The van der Waals surface area contributed by atoms with Gasteiger partial charge in [0.2, 0.25) is 5.95 Å². The molecule has 6 nitrogen and oxygen atoms in total. The zero-order chi connectivity index (χ0) is 17.9. The lowest BCUT2D eigenvalue weighted by atomic mass is 10.2. The second-order valence-corrected chi connectivity index (χ2v) is 6.71. The van der Waals surface area contributed by atoms with Crippen LogP contribution in [0.25, 0.3) is 11.3 Å². The van der Waals surface area contributed by atoms with Crippen LogP contribution in [0.4, 0.5) is 11.6 Å². The van der Waals surface area contributed by atoms with Crippen LogP contribution >= 0.6 is 0 Å². The predicted octanol–water partition coefficient (Wildman–Crippen LogP) is 2.90. The summed E-state index contributed by atoms with van der Waals surface area (Å²) >= 11 is 0. The first-order valence-corrected chi connectivity index (χ1v) is 9.09. The normalized spacial score (nSPS) is 15.2. The van der Waals surface area contributed by atoms with Gasteiger partial charge >= 0.3 is 0 Å². The Morgan fingerprint density at radius 1 is 0.923 bits per heavy atom. The van der Waals surface area contributed by atoms with Gasteiger partial charge in [-0.05, 0) is 31.5 Å². The molecule has 1 saturated heterocycles. The summed E-state index contributed by atoms with van der Waals surface area (Å²) in [7, 11) is 1.94. The molecule has 0 spiro atoms. The van der Waals surface area contributed by atoms with Gasteiger partial charge in [0.15, 0.2) is 0 Å². The molecule has 0 unspecified atom stereocenters. The van der Waals surface area contributed by atoms with Crippen LogP contribution in [0.2, 0.25) is 0 Å². The third-order valence-corrected chi connectivity index (χ3v) is 4.83. The highest BCUT2D eigenvalue weighted by atomic mass is 15.3. The fourth-order valence-corrected chi connectivity index (χ4v) is 3.52. The van der Waals surface area contributed by atoms with Crippen molar-refractivity contribution >= 4 is 11.6 Å². The van der Waals surface area contributed by atoms with Gasteiger partial charge in [0.05, 0.1) is 11.4 Å². The Bertz CT molecular complexity index is 873. The number of aryl methyl sites for hydroxylation is 2. The van der Waals surface area contributed by atoms with Crippen LogP contribution in [0.5, 0.6) is 0 Å². The number of benzene rings is 1. The van der Waals surface area contributed by atoms with E-state index < -0.39 is 0 Å². The van der Waals surface area contributed by atoms with E-state index in [0.29, 0.717) is 0 Å². The molecule has 1 aliphatic heterocycles. The first kappa shape index (κ1) is 16.6. The summed E-state index contributed by atoms with van der Waals surface area (Å²) in [6, 6.07) is 12.6. The molecule has 2 aromatic heterocycles. The minimum atomic E-state index is 0.806. The molecule has 6 heteroatoms. The second-order valence-electron chi connectivity index (χ2n) is 6.71. The summed E-state index contributed by atoms with van der Waals surface area (Å²) in [6.45, 7) is 5.94. The van der Waals surface area contributed by atoms with Gasteiger partial charge in [-0.25, -0.2) is 9.97 Å². The van der Waals surface area contributed by atoms with E-state index in [2.05, 4.69) is 50.2 Å². The number of hydrogen-bond acceptors (Lipinski definition) is 5. The molecular formula is C20H24N6. The Morgan fingerprint density at radius 2 is 1.69 bits per heavy atom. The number of para-hydroxylation sites is 1. The minimum absolute atomic E-state index is 0.806. The van der Waals surface area contributed by atoms with Gasteiger partial charge < -0.3 is 9.80 Å². The van der Waals surface area contributed by atoms with Crippen molar-refractivity contribution in [3.05, 3.63) is 54.5 Å². The summed E-state index contributed by atoms with van der Waals surface area (Å²) < 4.78 is 1.83. The Hall–Kier alpha value is -2.89. The molecule has 0 saturated carbocycles. The van der Waals surface area contributed by atoms with Gasteiger partial charge in [-0.1, -0.05) is 18.2 Å². The third-order valence-electron chi connectivity index (χ3n) is 4.83. The molecule has 0 aliphatic carbocycles. The number of rotatable bonds is 3. The van der Waals surface area contributed by atoms with Crippen molar-refractivity contribution < 1.29 is 0 Å². The highest BCUT2D eigenvalue weighted by molar-refractivity contribution is 5.62. The Kier molecular flexibility index (Phi) is 4.56. The highest BCUT2D eigenvalue weighted by Gasteiger charge is 2.18. The summed E-state index contributed by atoms with van der Waals surface area (Å²) in [6.07, 6.45) is 4.96. The molecular weight excluding hydrogens is 324 g/mol. The Balaban J connectivity index is 1.53. The average Bonchev–Trinajstić information content (AvgIpc) is 2.87. The van der Waals surface area contributed by atoms with Crippen molar-refractivity contribution in [1.29, 1.82) is 0 Å². The third kappa shape index (κ3) is 3.40. The molecule has 0 bridgehead atoms. The van der Waals surface area contributed by atoms with Crippen LogP contribution in [0, 0.1) is 6.92 Å². The van der Waals surface area contributed by atoms with Crippen molar-refractivity contribution in [1.82, 2.24) is 19.7 Å². The van der Waals surface area contributed by atoms with Crippen LogP contribution < -0.4 is 9.80 Å². The lowest BCUT2D eigenvalue weighted by Crippen LogP contribution is -2.31. The van der Waals surface area contributed by atoms with E-state index in [0.717, 1.165) is 55.5 Å². The molecule has 3 heterocycles. The van der Waals surface area contributed by atoms with Gasteiger partial charge in [-0.2, -0.15) is 5.10 Å². The first-order chi connectivity index (χ1) is 12.7. The topological polar surface area (TPSA) is 50.1 Å². The SMILES string of the molecule is Cc1nn(C)cc1-c1ccnc(N2CCCN(c3ccccc3)CC2)n1. The largest absolute Gasteiger partial charge is 0.370 e. The van der Waals surface area contributed by atoms with Gasteiger partial charge in [0.1, 0.15) is 0 Å². The monoisotopic (exact) mass is 348 g/mol. The van der Waals surface area contributed by atoms with Gasteiger partial charge in [0.25, 0.3) is 0 Å². The van der Waals surface area contributed by atoms with E-state index in [1.54, 1.807) is 0 Å². The van der Waals surface area contributed by atoms with Gasteiger partial charge in [-0.3, -0.25) is 4.68 Å². The van der Waals surface area contributed by atoms with Crippen molar-refractivity contribution in [2.24, 2.45) is 7.05 Å². The molecule has 4 rings (SSSR count). The molecule has 26 heavy (non-hydrogen) atoms. The molecule has 1 aromatic carbocycles. The molecule has 3 aromatic rings. The fraction of sp³-hybridized carbons (Fsp3) is 0.350. The van der Waals surface area contributed by atoms with Gasteiger partial charge in [-0.15, -0.1) is 0 Å². The number of aromatic nitrogens is 4. The first-order valence-electron chi connectivity index (χ1n) is 9.09. The standard InChI is InChI=1S/C20H24N6/c1-16-18(15-24(2)23-16)19-9-10-21-20(22-19)26-12-6-11-25(13-14-26)17-7-4-3-5-8-17/h3-5,7-10,15H,6,11-14H2,1-2H3. The number of nitrogens with zero attached hydrogens (tertiary/aromatic N) is 6. The second kappa shape index (κ2) is 7.15. The lowest BCUT2D eigenvalue weighted by Gasteiger charge is -2.23. The van der Waals surface area contributed by atoms with E-state index in [-0.39, 0.29) is 0 Å². The zero-order valence-electron chi connectivity index (χ0n) is 15.3. The van der Waals surface area contributed by atoms with Crippen LogP contribution in [0.15, 0.2) is 48.8 Å². The molecule has 0 N–H and O–H groups in total. The molecule has 0 amide bonds. The number of hydrogen-bond donors (Lipinski definition) is 0. The summed E-state index contributed by atoms with van der Waals surface area (Å²) in [5.74, 6) is 0.806. The van der Waals surface area contributed by atoms with Crippen LogP contribution in [0.3, 0.4) is 0 Å². The molecule has 1 aliphatic rings. The average molecular weight is 348 g/mol. The maximum absolute atomic E-state index is 4.82. The zero-order valence-corrected chi connectivity index (χ0v) is 15.3. The maximum atomic E-state index is 4.82. The fourth-order valence-electron chi connectivity index (χ4n) is 3.52. The van der Waals surface area contributed by atoms with Gasteiger partial charge in [0, 0.05) is 56.9 Å². The van der Waals surface area contributed by atoms with Crippen molar-refractivity contribution in [2.75, 3.05) is 36.0 Å². The quantitative estimate of drug-likeness (QED) is 0.728. The molecule has 134 valence electrons. The highest BCUT2D eigenvalue weighted by Crippen LogP contribution is 2.23. The molecule has 0 atom stereocenters. The Labute approximate surface area is 154 Å². The predicted molar refractivity (Wildman–Crippen MR) is 104 cm³/mol. The van der Waals surface area contributed by atoms with E-state index in [4.69, 9.17) is 4.98 Å². The van der Waals surface area contributed by atoms with Crippen LogP contribution in [-0.2, 0) is 7.05 Å². The van der Waals surface area contributed by atoms with Crippen LogP contribution in [0.1, 0.15) is 12.1 Å². The summed E-state index contributed by atoms with van der Waals surface area (Å²) in [5.41, 5.74) is 4.28. The molecule has 0 radical (unpaired) electrons. The number of anilines is 2. The van der Waals surface area contributed by atoms with Crippen molar-refractivity contribution in [3.63, 3.8) is 0 Å². The maximum Gasteiger partial charge on any atom is 0.225 e. The van der Waals surface area contributed by atoms with E-state index in [1.165, 1.54) is 5.69 Å². The van der Waals surface area contributed by atoms with Crippen molar-refractivity contribution in [2.45, 2.75) is 13.3 Å². The smallest absolute Gasteiger partial charge is 0.225 e. The summed E-state index contributed by atoms with van der Waals surface area (Å²) in [5, 5.41) is 4.42. The minimum Gasteiger partial charge on any atom is -0.370 e. The van der Waals surface area contributed by atoms with Crippen LogP contribution in [-0.4, -0.2) is 45.9 Å². The lowest BCUT2D eigenvalue weighted by molar-refractivity contribution is 0.756. The summed E-state index contributed by atoms with van der Waals surface area (Å²) in [4.78, 5) is 14.1. The molecule has 1 fully saturated rings. The Morgan fingerprint density at radius 3 is 2.46 bits per heavy atom. The van der Waals surface area contributed by atoms with E-state index in [9.17, 15) is 0 Å². The van der Waals surface area contributed by atoms with E-state index in [1.807, 2.05) is 37.1 Å². The van der Waals surface area contributed by atoms with E-state index >= 15 is 0 Å². The van der Waals surface area contributed by atoms with Crippen molar-refractivity contribution in [3.8, 4) is 11.3 Å².